The van der Waals surface area contributed by atoms with Gasteiger partial charge in [0.1, 0.15) is 5.75 Å². The van der Waals surface area contributed by atoms with E-state index in [4.69, 9.17) is 0 Å². The Labute approximate surface area is 86.6 Å². The molecule has 1 N–H and O–H groups in total. The number of nitrogens with one attached hydrogen (secondary N) is 1. The Morgan fingerprint density at radius 2 is 2.29 bits per heavy atom. The Bertz CT molecular complexity index is 422. The molecule has 2 rings (SSSR count). The summed E-state index contributed by atoms with van der Waals surface area (Å²) in [5.41, 5.74) is 0. The van der Waals surface area contributed by atoms with Crippen molar-refractivity contribution >= 4 is 26.5 Å². The van der Waals surface area contributed by atoms with Crippen LogP contribution in [0.25, 0.3) is 0 Å². The molecule has 1 fully saturated rings. The molecule has 0 saturated heterocycles. The molecule has 0 radical (unpaired) electrons. The molecule has 78 valence electrons. The molecular formula is C7H11N3O2S2. The molecule has 1 aliphatic rings. The number of rotatable bonds is 4. The van der Waals surface area contributed by atoms with Crippen molar-refractivity contribution < 1.29 is 8.42 Å². The quantitative estimate of drug-likeness (QED) is 0.827. The fourth-order valence-electron chi connectivity index (χ4n) is 1.01. The highest BCUT2D eigenvalue weighted by atomic mass is 32.2. The first-order valence-electron chi connectivity index (χ1n) is 4.30. The van der Waals surface area contributed by atoms with Crippen LogP contribution in [0.4, 0.5) is 5.13 Å². The second-order valence-corrected chi connectivity index (χ2v) is 6.40. The van der Waals surface area contributed by atoms with Crippen molar-refractivity contribution in [2.75, 3.05) is 11.6 Å². The van der Waals surface area contributed by atoms with Crippen molar-refractivity contribution in [3.63, 3.8) is 0 Å². The molecule has 0 amide bonds. The summed E-state index contributed by atoms with van der Waals surface area (Å²) in [4.78, 5) is 4.09. The summed E-state index contributed by atoms with van der Waals surface area (Å²) >= 11 is 1.22. The average Bonchev–Trinajstić information content (AvgIpc) is 2.71. The van der Waals surface area contributed by atoms with Crippen molar-refractivity contribution in [1.29, 1.82) is 0 Å². The molecule has 1 aromatic rings. The predicted octanol–water partition coefficient (Wildman–Crippen LogP) is 0.657. The fourth-order valence-corrected chi connectivity index (χ4v) is 2.35. The van der Waals surface area contributed by atoms with Crippen LogP contribution < -0.4 is 5.32 Å². The van der Waals surface area contributed by atoms with Crippen molar-refractivity contribution in [2.24, 2.45) is 0 Å². The van der Waals surface area contributed by atoms with E-state index in [2.05, 4.69) is 14.7 Å². The summed E-state index contributed by atoms with van der Waals surface area (Å²) < 4.78 is 25.9. The minimum atomic E-state index is -3.02. The molecule has 14 heavy (non-hydrogen) atoms. The molecule has 5 nitrogen and oxygen atoms in total. The van der Waals surface area contributed by atoms with Crippen LogP contribution in [0.3, 0.4) is 0 Å². The molecule has 1 aromatic heterocycles. The number of anilines is 1. The first-order valence-corrected chi connectivity index (χ1v) is 7.13. The van der Waals surface area contributed by atoms with E-state index in [0.29, 0.717) is 11.9 Å². The van der Waals surface area contributed by atoms with Gasteiger partial charge in [0.2, 0.25) is 5.13 Å². The number of aromatic nitrogens is 2. The van der Waals surface area contributed by atoms with E-state index in [1.54, 1.807) is 0 Å². The average molecular weight is 233 g/mol. The van der Waals surface area contributed by atoms with Crippen molar-refractivity contribution in [2.45, 2.75) is 24.6 Å². The van der Waals surface area contributed by atoms with Crippen LogP contribution in [0.1, 0.15) is 18.7 Å². The van der Waals surface area contributed by atoms with Gasteiger partial charge in [0, 0.05) is 23.8 Å². The Balaban J connectivity index is 2.01. The van der Waals surface area contributed by atoms with Gasteiger partial charge in [-0.15, -0.1) is 0 Å². The SMILES string of the molecule is CS(=O)(=O)Cc1nsc(NC2CC2)n1. The maximum Gasteiger partial charge on any atom is 0.202 e. The van der Waals surface area contributed by atoms with E-state index in [9.17, 15) is 8.42 Å². The molecule has 1 aliphatic carbocycles. The van der Waals surface area contributed by atoms with Crippen LogP contribution in [0.2, 0.25) is 0 Å². The summed E-state index contributed by atoms with van der Waals surface area (Å²) in [5, 5.41) is 3.90. The molecule has 1 heterocycles. The summed E-state index contributed by atoms with van der Waals surface area (Å²) in [6, 6.07) is 0.522. The normalized spacial score (nSPS) is 16.9. The van der Waals surface area contributed by atoms with Crippen molar-refractivity contribution in [3.05, 3.63) is 5.82 Å². The van der Waals surface area contributed by atoms with Crippen LogP contribution in [0.15, 0.2) is 0 Å². The standard InChI is InChI=1S/C7H11N3O2S2/c1-14(11,12)4-6-9-7(13-10-6)8-5-2-3-5/h5H,2-4H2,1H3,(H,8,9,10). The van der Waals surface area contributed by atoms with Crippen LogP contribution >= 0.6 is 11.5 Å². The molecule has 1 saturated carbocycles. The zero-order valence-corrected chi connectivity index (χ0v) is 9.36. The topological polar surface area (TPSA) is 72.0 Å². The third-order valence-electron chi connectivity index (χ3n) is 1.76. The third-order valence-corrected chi connectivity index (χ3v) is 3.23. The predicted molar refractivity (Wildman–Crippen MR) is 55.1 cm³/mol. The minimum Gasteiger partial charge on any atom is -0.358 e. The molecule has 0 aliphatic heterocycles. The Hall–Kier alpha value is -0.690. The summed E-state index contributed by atoms with van der Waals surface area (Å²) in [5.74, 6) is 0.316. The van der Waals surface area contributed by atoms with Crippen molar-refractivity contribution in [1.82, 2.24) is 9.36 Å². The first kappa shape index (κ1) is 9.85. The molecule has 0 spiro atoms. The van der Waals surface area contributed by atoms with Gasteiger partial charge in [0.15, 0.2) is 15.7 Å². The van der Waals surface area contributed by atoms with E-state index in [1.165, 1.54) is 30.6 Å². The van der Waals surface area contributed by atoms with E-state index in [1.807, 2.05) is 0 Å². The van der Waals surface area contributed by atoms with E-state index >= 15 is 0 Å². The highest BCUT2D eigenvalue weighted by Crippen LogP contribution is 2.25. The number of sulfone groups is 1. The van der Waals surface area contributed by atoms with Gasteiger partial charge >= 0.3 is 0 Å². The second-order valence-electron chi connectivity index (χ2n) is 3.50. The van der Waals surface area contributed by atoms with Gasteiger partial charge in [-0.2, -0.15) is 4.37 Å². The monoisotopic (exact) mass is 233 g/mol. The van der Waals surface area contributed by atoms with Gasteiger partial charge in [-0.05, 0) is 12.8 Å². The third kappa shape index (κ3) is 2.91. The summed E-state index contributed by atoms with van der Waals surface area (Å²) in [6.45, 7) is 0. The largest absolute Gasteiger partial charge is 0.358 e. The fraction of sp³-hybridized carbons (Fsp3) is 0.714. The molecule has 0 aromatic carbocycles. The van der Waals surface area contributed by atoms with E-state index in [-0.39, 0.29) is 5.75 Å². The lowest BCUT2D eigenvalue weighted by Gasteiger charge is -1.94. The van der Waals surface area contributed by atoms with Crippen molar-refractivity contribution in [3.8, 4) is 0 Å². The van der Waals surface area contributed by atoms with Crippen LogP contribution in [0, 0.1) is 0 Å². The Morgan fingerprint density at radius 1 is 1.57 bits per heavy atom. The van der Waals surface area contributed by atoms with Gasteiger partial charge in [-0.25, -0.2) is 13.4 Å². The number of nitrogens with zero attached hydrogens (tertiary/aromatic N) is 2. The lowest BCUT2D eigenvalue weighted by atomic mass is 10.7. The van der Waals surface area contributed by atoms with Gasteiger partial charge in [0.05, 0.1) is 0 Å². The summed E-state index contributed by atoms with van der Waals surface area (Å²) in [6.07, 6.45) is 3.52. The van der Waals surface area contributed by atoms with Gasteiger partial charge in [-0.3, -0.25) is 0 Å². The first-order chi connectivity index (χ1) is 6.53. The zero-order chi connectivity index (χ0) is 10.2. The van der Waals surface area contributed by atoms with Gasteiger partial charge < -0.3 is 5.32 Å². The van der Waals surface area contributed by atoms with Crippen LogP contribution in [-0.2, 0) is 15.6 Å². The highest BCUT2D eigenvalue weighted by molar-refractivity contribution is 7.89. The van der Waals surface area contributed by atoms with Crippen LogP contribution in [-0.4, -0.2) is 30.1 Å². The maximum atomic E-state index is 10.9. The van der Waals surface area contributed by atoms with Gasteiger partial charge in [-0.1, -0.05) is 0 Å². The Morgan fingerprint density at radius 3 is 2.86 bits per heavy atom. The number of hydrogen-bond acceptors (Lipinski definition) is 6. The molecule has 0 bridgehead atoms. The van der Waals surface area contributed by atoms with Crippen LogP contribution in [0.5, 0.6) is 0 Å². The smallest absolute Gasteiger partial charge is 0.202 e. The lowest BCUT2D eigenvalue weighted by Crippen LogP contribution is -2.03. The molecule has 0 unspecified atom stereocenters. The Kier molecular flexibility index (Phi) is 2.44. The molecular weight excluding hydrogens is 222 g/mol. The maximum absolute atomic E-state index is 10.9. The zero-order valence-electron chi connectivity index (χ0n) is 7.73. The molecule has 7 heteroatoms. The second kappa shape index (κ2) is 3.47. The van der Waals surface area contributed by atoms with E-state index < -0.39 is 9.84 Å². The number of hydrogen-bond donors (Lipinski definition) is 1. The van der Waals surface area contributed by atoms with Gasteiger partial charge in [0.25, 0.3) is 0 Å². The lowest BCUT2D eigenvalue weighted by molar-refractivity contribution is 0.600. The minimum absolute atomic E-state index is 0.0736. The highest BCUT2D eigenvalue weighted by Gasteiger charge is 2.22. The molecule has 0 atom stereocenters. The van der Waals surface area contributed by atoms with E-state index in [0.717, 1.165) is 5.13 Å². The summed E-state index contributed by atoms with van der Waals surface area (Å²) in [7, 11) is -3.02.